The summed E-state index contributed by atoms with van der Waals surface area (Å²) in [6, 6.07) is -1.22. The number of hydrogen-bond donors (Lipinski definition) is 3. The monoisotopic (exact) mass is 252 g/mol. The minimum Gasteiger partial charge on any atom is -0.480 e. The molecule has 0 aliphatic rings. The fourth-order valence-electron chi connectivity index (χ4n) is 0.848. The minimum absolute atomic E-state index is 0.284. The smallest absolute Gasteiger partial charge is 0.325 e. The maximum absolute atomic E-state index is 11.6. The number of carbonyl (C=O) groups excluding carboxylic acids is 1. The normalized spacial score (nSPS) is 14.3. The maximum Gasteiger partial charge on any atom is 0.325 e. The Morgan fingerprint density at radius 1 is 1.40 bits per heavy atom. The molecule has 2 unspecified atom stereocenters. The van der Waals surface area contributed by atoms with E-state index in [9.17, 15) is 9.59 Å². The Bertz CT molecular complexity index is 220. The van der Waals surface area contributed by atoms with Crippen LogP contribution in [0.15, 0.2) is 0 Å². The first-order chi connectivity index (χ1) is 7.02. The zero-order valence-electron chi connectivity index (χ0n) is 8.94. The standard InChI is InChI=1S/C8H16N2O3S2/c1-5(8(12)13)9-7(11)6(4-14-2)10-15-3/h5-6,10H,4H2,1-3H3,(H,9,11)(H,12,13). The molecule has 0 rings (SSSR count). The van der Waals surface area contributed by atoms with Gasteiger partial charge in [0.25, 0.3) is 0 Å². The van der Waals surface area contributed by atoms with Crippen LogP contribution in [0.25, 0.3) is 0 Å². The Hall–Kier alpha value is -0.400. The molecule has 15 heavy (non-hydrogen) atoms. The molecular weight excluding hydrogens is 236 g/mol. The summed E-state index contributed by atoms with van der Waals surface area (Å²) in [5.74, 6) is -0.706. The fourth-order valence-corrected chi connectivity index (χ4v) is 2.00. The van der Waals surface area contributed by atoms with Crippen LogP contribution >= 0.6 is 23.7 Å². The summed E-state index contributed by atoms with van der Waals surface area (Å²) in [5, 5.41) is 11.0. The van der Waals surface area contributed by atoms with E-state index in [0.29, 0.717) is 5.75 Å². The molecule has 1 amide bonds. The van der Waals surface area contributed by atoms with Crippen LogP contribution in [0, 0.1) is 0 Å². The Balaban J connectivity index is 4.18. The van der Waals surface area contributed by atoms with E-state index in [1.165, 1.54) is 30.6 Å². The average molecular weight is 252 g/mol. The Kier molecular flexibility index (Phi) is 7.63. The lowest BCUT2D eigenvalue weighted by Crippen LogP contribution is -2.48. The van der Waals surface area contributed by atoms with Gasteiger partial charge in [-0.15, -0.1) is 0 Å². The first kappa shape index (κ1) is 14.6. The second-order valence-corrected chi connectivity index (χ2v) is 4.45. The molecular formula is C8H16N2O3S2. The molecule has 0 bridgehead atoms. The van der Waals surface area contributed by atoms with E-state index in [2.05, 4.69) is 10.0 Å². The van der Waals surface area contributed by atoms with Crippen molar-refractivity contribution < 1.29 is 14.7 Å². The zero-order chi connectivity index (χ0) is 11.8. The molecule has 2 atom stereocenters. The van der Waals surface area contributed by atoms with Gasteiger partial charge in [0.2, 0.25) is 5.91 Å². The van der Waals surface area contributed by atoms with Crippen molar-refractivity contribution in [3.8, 4) is 0 Å². The van der Waals surface area contributed by atoms with Gasteiger partial charge < -0.3 is 10.4 Å². The number of nitrogens with one attached hydrogen (secondary N) is 2. The third kappa shape index (κ3) is 5.91. The topological polar surface area (TPSA) is 78.4 Å². The Labute approximate surface area is 97.9 Å². The van der Waals surface area contributed by atoms with Crippen molar-refractivity contribution in [1.82, 2.24) is 10.0 Å². The van der Waals surface area contributed by atoms with Gasteiger partial charge in [0.15, 0.2) is 0 Å². The predicted molar refractivity (Wildman–Crippen MR) is 64.1 cm³/mol. The van der Waals surface area contributed by atoms with Crippen molar-refractivity contribution in [2.24, 2.45) is 0 Å². The molecule has 0 aliphatic carbocycles. The molecule has 0 aliphatic heterocycles. The van der Waals surface area contributed by atoms with Crippen LogP contribution in [-0.2, 0) is 9.59 Å². The molecule has 7 heteroatoms. The van der Waals surface area contributed by atoms with Crippen molar-refractivity contribution in [2.75, 3.05) is 18.3 Å². The highest BCUT2D eigenvalue weighted by Crippen LogP contribution is 2.01. The van der Waals surface area contributed by atoms with Crippen molar-refractivity contribution in [1.29, 1.82) is 0 Å². The summed E-state index contributed by atoms with van der Waals surface area (Å²) < 4.78 is 2.92. The van der Waals surface area contributed by atoms with Gasteiger partial charge in [0, 0.05) is 5.75 Å². The van der Waals surface area contributed by atoms with Crippen molar-refractivity contribution in [3.05, 3.63) is 0 Å². The van der Waals surface area contributed by atoms with E-state index in [4.69, 9.17) is 5.11 Å². The number of carboxylic acids is 1. The largest absolute Gasteiger partial charge is 0.480 e. The van der Waals surface area contributed by atoms with Crippen LogP contribution < -0.4 is 10.0 Å². The molecule has 0 heterocycles. The lowest BCUT2D eigenvalue weighted by Gasteiger charge is -2.17. The van der Waals surface area contributed by atoms with Crippen LogP contribution in [0.3, 0.4) is 0 Å². The second kappa shape index (κ2) is 7.84. The van der Waals surface area contributed by atoms with E-state index in [1.807, 2.05) is 12.5 Å². The predicted octanol–water partition coefficient (Wildman–Crippen LogP) is 0.175. The van der Waals surface area contributed by atoms with Gasteiger partial charge in [-0.3, -0.25) is 14.3 Å². The molecule has 0 aromatic heterocycles. The summed E-state index contributed by atoms with van der Waals surface area (Å²) in [6.07, 6.45) is 3.71. The summed E-state index contributed by atoms with van der Waals surface area (Å²) in [5.41, 5.74) is 0. The lowest BCUT2D eigenvalue weighted by atomic mass is 10.3. The number of carbonyl (C=O) groups is 2. The molecule has 0 spiro atoms. The third-order valence-corrected chi connectivity index (χ3v) is 2.83. The average Bonchev–Trinajstić information content (AvgIpc) is 2.17. The molecule has 0 fully saturated rings. The fraction of sp³-hybridized carbons (Fsp3) is 0.750. The Morgan fingerprint density at radius 2 is 2.00 bits per heavy atom. The molecule has 0 aromatic rings. The van der Waals surface area contributed by atoms with E-state index in [-0.39, 0.29) is 11.9 Å². The van der Waals surface area contributed by atoms with Crippen LogP contribution in [0.1, 0.15) is 6.92 Å². The summed E-state index contributed by atoms with van der Waals surface area (Å²) in [6.45, 7) is 1.44. The van der Waals surface area contributed by atoms with Gasteiger partial charge in [-0.2, -0.15) is 11.8 Å². The van der Waals surface area contributed by atoms with Gasteiger partial charge in [-0.05, 0) is 19.4 Å². The van der Waals surface area contributed by atoms with Gasteiger partial charge in [-0.25, -0.2) is 0 Å². The van der Waals surface area contributed by atoms with E-state index < -0.39 is 12.0 Å². The number of carboxylic acid groups (broad SMARTS) is 1. The number of aliphatic carboxylic acids is 1. The molecule has 0 aromatic carbocycles. The summed E-state index contributed by atoms with van der Waals surface area (Å²) in [4.78, 5) is 22.1. The van der Waals surface area contributed by atoms with Crippen LogP contribution in [-0.4, -0.2) is 47.3 Å². The SMILES string of the molecule is CSCC(NSC)C(=O)NC(C)C(=O)O. The molecule has 0 radical (unpaired) electrons. The summed E-state index contributed by atoms with van der Waals surface area (Å²) >= 11 is 2.87. The first-order valence-electron chi connectivity index (χ1n) is 4.33. The highest BCUT2D eigenvalue weighted by molar-refractivity contribution is 7.99. The zero-order valence-corrected chi connectivity index (χ0v) is 10.6. The lowest BCUT2D eigenvalue weighted by molar-refractivity contribution is -0.141. The highest BCUT2D eigenvalue weighted by Gasteiger charge is 2.21. The third-order valence-electron chi connectivity index (χ3n) is 1.64. The Morgan fingerprint density at radius 3 is 2.40 bits per heavy atom. The maximum atomic E-state index is 11.6. The number of thioether (sulfide) groups is 1. The number of hydrogen-bond acceptors (Lipinski definition) is 5. The number of amides is 1. The highest BCUT2D eigenvalue weighted by atomic mass is 32.2. The van der Waals surface area contributed by atoms with Gasteiger partial charge in [0.05, 0.1) is 0 Å². The van der Waals surface area contributed by atoms with Crippen LogP contribution in [0.4, 0.5) is 0 Å². The minimum atomic E-state index is -1.03. The number of rotatable bonds is 7. The quantitative estimate of drug-likeness (QED) is 0.561. The van der Waals surface area contributed by atoms with Gasteiger partial charge in [0.1, 0.15) is 12.1 Å². The van der Waals surface area contributed by atoms with Crippen LogP contribution in [0.2, 0.25) is 0 Å². The van der Waals surface area contributed by atoms with E-state index in [1.54, 1.807) is 0 Å². The second-order valence-electron chi connectivity index (χ2n) is 2.90. The molecule has 0 saturated heterocycles. The van der Waals surface area contributed by atoms with Crippen LogP contribution in [0.5, 0.6) is 0 Å². The van der Waals surface area contributed by atoms with Gasteiger partial charge >= 0.3 is 5.97 Å². The van der Waals surface area contributed by atoms with E-state index in [0.717, 1.165) is 0 Å². The summed E-state index contributed by atoms with van der Waals surface area (Å²) in [7, 11) is 0. The molecule has 5 nitrogen and oxygen atoms in total. The molecule has 3 N–H and O–H groups in total. The van der Waals surface area contributed by atoms with Gasteiger partial charge in [-0.1, -0.05) is 11.9 Å². The van der Waals surface area contributed by atoms with Crippen molar-refractivity contribution in [3.63, 3.8) is 0 Å². The van der Waals surface area contributed by atoms with Crippen molar-refractivity contribution >= 4 is 35.6 Å². The molecule has 0 saturated carbocycles. The molecule has 88 valence electrons. The van der Waals surface area contributed by atoms with E-state index >= 15 is 0 Å². The van der Waals surface area contributed by atoms with Crippen molar-refractivity contribution in [2.45, 2.75) is 19.0 Å². The first-order valence-corrected chi connectivity index (χ1v) is 6.95.